The van der Waals surface area contributed by atoms with Gasteiger partial charge < -0.3 is 14.9 Å². The Morgan fingerprint density at radius 2 is 2.19 bits per heavy atom. The highest BCUT2D eigenvalue weighted by atomic mass is 16.5. The normalized spacial score (nSPS) is 11.7. The number of hydrogen-bond donors (Lipinski definition) is 3. The van der Waals surface area contributed by atoms with Crippen molar-refractivity contribution in [3.63, 3.8) is 0 Å². The van der Waals surface area contributed by atoms with Crippen molar-refractivity contribution < 1.29 is 24.5 Å². The highest BCUT2D eigenvalue weighted by Crippen LogP contribution is 2.18. The van der Waals surface area contributed by atoms with Crippen LogP contribution >= 0.6 is 0 Å². The minimum atomic E-state index is -1.10. The van der Waals surface area contributed by atoms with Crippen LogP contribution in [0.1, 0.15) is 11.7 Å². The van der Waals surface area contributed by atoms with Gasteiger partial charge in [0.15, 0.2) is 0 Å². The molecule has 1 aromatic rings. The molecule has 0 spiro atoms. The average Bonchev–Trinajstić information content (AvgIpc) is 2.45. The van der Waals surface area contributed by atoms with Gasteiger partial charge in [-0.05, 0) is 23.8 Å². The summed E-state index contributed by atoms with van der Waals surface area (Å²) in [4.78, 5) is 18.9. The second-order valence-electron chi connectivity index (χ2n) is 4.07. The summed E-state index contributed by atoms with van der Waals surface area (Å²) in [6, 6.07) is 7.32. The zero-order valence-corrected chi connectivity index (χ0v) is 12.0. The fraction of sp³-hybridized carbons (Fsp3) is 0.286. The number of benzene rings is 1. The maximum absolute atomic E-state index is 9.73. The van der Waals surface area contributed by atoms with Crippen LogP contribution in [-0.2, 0) is 9.59 Å². The zero-order valence-electron chi connectivity index (χ0n) is 12.0. The van der Waals surface area contributed by atoms with E-state index in [1.807, 2.05) is 18.2 Å². The molecule has 4 N–H and O–H groups in total. The first-order valence-electron chi connectivity index (χ1n) is 6.03. The summed E-state index contributed by atoms with van der Waals surface area (Å²) in [6.07, 6.45) is 1.52. The van der Waals surface area contributed by atoms with Crippen LogP contribution in [0.2, 0.25) is 0 Å². The van der Waals surface area contributed by atoms with Gasteiger partial charge in [-0.3, -0.25) is 10.6 Å². The molecule has 0 fully saturated rings. The van der Waals surface area contributed by atoms with E-state index in [-0.39, 0.29) is 0 Å². The number of methoxy groups -OCH3 is 1. The van der Waals surface area contributed by atoms with Crippen LogP contribution in [0.3, 0.4) is 0 Å². The average molecular weight is 296 g/mol. The van der Waals surface area contributed by atoms with Crippen LogP contribution in [0.25, 0.3) is 0 Å². The number of carbonyl (C=O) groups excluding carboxylic acids is 1. The first kappa shape index (κ1) is 18.8. The predicted molar refractivity (Wildman–Crippen MR) is 77.6 cm³/mol. The maximum Gasteiger partial charge on any atom is 0.328 e. The van der Waals surface area contributed by atoms with Crippen molar-refractivity contribution in [2.75, 3.05) is 20.7 Å². The Balaban J connectivity index is 0.000000486. The zero-order chi connectivity index (χ0) is 16.3. The van der Waals surface area contributed by atoms with Crippen LogP contribution in [-0.4, -0.2) is 48.2 Å². The lowest BCUT2D eigenvalue weighted by molar-refractivity contribution is -0.131. The van der Waals surface area contributed by atoms with Gasteiger partial charge in [0, 0.05) is 19.7 Å². The number of aliphatic hydroxyl groups excluding tert-OH is 1. The molecular formula is C14H20N2O5. The number of hydrazine groups is 1. The molecule has 0 amide bonds. The Morgan fingerprint density at radius 1 is 1.52 bits per heavy atom. The van der Waals surface area contributed by atoms with Crippen molar-refractivity contribution >= 4 is 12.3 Å². The molecule has 0 saturated heterocycles. The van der Waals surface area contributed by atoms with E-state index in [1.54, 1.807) is 20.2 Å². The molecule has 1 unspecified atom stereocenters. The van der Waals surface area contributed by atoms with Gasteiger partial charge in [-0.25, -0.2) is 9.80 Å². The molecule has 0 aromatic heterocycles. The van der Waals surface area contributed by atoms with Gasteiger partial charge in [-0.1, -0.05) is 12.1 Å². The van der Waals surface area contributed by atoms with Crippen LogP contribution in [0.4, 0.5) is 0 Å². The standard InChI is InChI=1S/C10H16N2O2.C4H4O3/c1-12(11)7-10(13)8-4-3-5-9(6-8)14-2;5-3-1-2-4(6)7/h3-6,10,13H,7,11H2,1-2H3;1-3H,(H,6,7)/b;2-1+. The number of aliphatic hydroxyl groups is 1. The van der Waals surface area contributed by atoms with E-state index in [4.69, 9.17) is 15.7 Å². The summed E-state index contributed by atoms with van der Waals surface area (Å²) in [5.41, 5.74) is 0.807. The van der Waals surface area contributed by atoms with E-state index in [2.05, 4.69) is 0 Å². The number of carbonyl (C=O) groups is 2. The van der Waals surface area contributed by atoms with Gasteiger partial charge >= 0.3 is 5.97 Å². The lowest BCUT2D eigenvalue weighted by Crippen LogP contribution is -2.30. The third-order valence-corrected chi connectivity index (χ3v) is 2.26. The number of hydrogen-bond acceptors (Lipinski definition) is 6. The van der Waals surface area contributed by atoms with Gasteiger partial charge in [0.1, 0.15) is 12.0 Å². The molecular weight excluding hydrogens is 276 g/mol. The first-order valence-corrected chi connectivity index (χ1v) is 6.03. The summed E-state index contributed by atoms with van der Waals surface area (Å²) in [6.45, 7) is 0.396. The highest BCUT2D eigenvalue weighted by Gasteiger charge is 2.09. The molecule has 0 aliphatic carbocycles. The maximum atomic E-state index is 9.73. The van der Waals surface area contributed by atoms with Gasteiger partial charge in [0.05, 0.1) is 13.2 Å². The molecule has 21 heavy (non-hydrogen) atoms. The van der Waals surface area contributed by atoms with E-state index in [1.165, 1.54) is 5.01 Å². The van der Waals surface area contributed by atoms with Crippen molar-refractivity contribution in [1.29, 1.82) is 0 Å². The van der Waals surface area contributed by atoms with Gasteiger partial charge in [-0.2, -0.15) is 0 Å². The first-order chi connectivity index (χ1) is 9.90. The molecule has 7 nitrogen and oxygen atoms in total. The number of allylic oxidation sites excluding steroid dienone is 1. The molecule has 0 saturated carbocycles. The number of carboxylic acid groups (broad SMARTS) is 1. The molecule has 1 aromatic carbocycles. The Labute approximate surface area is 123 Å². The smallest absolute Gasteiger partial charge is 0.328 e. The van der Waals surface area contributed by atoms with Crippen LogP contribution in [0.15, 0.2) is 36.4 Å². The lowest BCUT2D eigenvalue weighted by Gasteiger charge is -2.16. The van der Waals surface area contributed by atoms with Gasteiger partial charge in [-0.15, -0.1) is 0 Å². The molecule has 1 rings (SSSR count). The van der Waals surface area contributed by atoms with Gasteiger partial charge in [0.25, 0.3) is 0 Å². The predicted octanol–water partition coefficient (Wildman–Crippen LogP) is 0.360. The summed E-state index contributed by atoms with van der Waals surface area (Å²) in [5, 5.41) is 19.0. The SMILES string of the molecule is COc1cccc(C(O)CN(C)N)c1.O=C/C=C/C(=O)O. The van der Waals surface area contributed by atoms with E-state index in [0.717, 1.165) is 23.5 Å². The summed E-state index contributed by atoms with van der Waals surface area (Å²) in [5.74, 6) is 5.08. The number of aldehydes is 1. The molecule has 0 aliphatic rings. The fourth-order valence-electron chi connectivity index (χ4n) is 1.35. The number of carboxylic acids is 1. The third kappa shape index (κ3) is 9.33. The second kappa shape index (κ2) is 10.6. The number of ether oxygens (including phenoxy) is 1. The van der Waals surface area contributed by atoms with Crippen molar-refractivity contribution in [3.05, 3.63) is 42.0 Å². The molecule has 0 bridgehead atoms. The number of aliphatic carboxylic acids is 1. The Morgan fingerprint density at radius 3 is 2.62 bits per heavy atom. The third-order valence-electron chi connectivity index (χ3n) is 2.26. The van der Waals surface area contributed by atoms with Gasteiger partial charge in [0.2, 0.25) is 0 Å². The van der Waals surface area contributed by atoms with Crippen LogP contribution in [0.5, 0.6) is 5.75 Å². The largest absolute Gasteiger partial charge is 0.497 e. The van der Waals surface area contributed by atoms with E-state index in [0.29, 0.717) is 12.8 Å². The van der Waals surface area contributed by atoms with Crippen molar-refractivity contribution in [2.24, 2.45) is 5.84 Å². The molecule has 1 atom stereocenters. The number of nitrogens with zero attached hydrogens (tertiary/aromatic N) is 1. The van der Waals surface area contributed by atoms with Crippen LogP contribution in [0, 0.1) is 0 Å². The highest BCUT2D eigenvalue weighted by molar-refractivity contribution is 5.84. The lowest BCUT2D eigenvalue weighted by atomic mass is 10.1. The molecule has 0 aliphatic heterocycles. The van der Waals surface area contributed by atoms with E-state index in [9.17, 15) is 14.7 Å². The fourth-order valence-corrected chi connectivity index (χ4v) is 1.35. The molecule has 116 valence electrons. The van der Waals surface area contributed by atoms with E-state index < -0.39 is 12.1 Å². The topological polar surface area (TPSA) is 113 Å². The summed E-state index contributed by atoms with van der Waals surface area (Å²) in [7, 11) is 3.31. The Kier molecular flexibility index (Phi) is 9.44. The summed E-state index contributed by atoms with van der Waals surface area (Å²) >= 11 is 0. The quantitative estimate of drug-likeness (QED) is 0.300. The number of rotatable bonds is 6. The van der Waals surface area contributed by atoms with Crippen molar-refractivity contribution in [2.45, 2.75) is 6.10 Å². The molecule has 7 heteroatoms. The Bertz CT molecular complexity index is 474. The molecule has 0 radical (unpaired) electrons. The molecule has 0 heterocycles. The number of likely N-dealkylation sites (N-methyl/N-ethyl adjacent to an activating group) is 1. The summed E-state index contributed by atoms with van der Waals surface area (Å²) < 4.78 is 5.05. The minimum absolute atomic E-state index is 0.396. The van der Waals surface area contributed by atoms with Crippen molar-refractivity contribution in [3.8, 4) is 5.75 Å². The van der Waals surface area contributed by atoms with Crippen molar-refractivity contribution in [1.82, 2.24) is 5.01 Å². The van der Waals surface area contributed by atoms with E-state index >= 15 is 0 Å². The number of nitrogens with two attached hydrogens (primary N) is 1. The second-order valence-corrected chi connectivity index (χ2v) is 4.07. The Hall–Kier alpha value is -2.22. The van der Waals surface area contributed by atoms with Crippen LogP contribution < -0.4 is 10.6 Å². The monoisotopic (exact) mass is 296 g/mol. The minimum Gasteiger partial charge on any atom is -0.497 e.